The largest absolute Gasteiger partial charge is 0.378 e. The molecular formula is C20H31N5O2. The maximum Gasteiger partial charge on any atom is 0.317 e. The van der Waals surface area contributed by atoms with E-state index in [1.807, 2.05) is 4.90 Å². The first-order valence-corrected chi connectivity index (χ1v) is 10.5. The minimum absolute atomic E-state index is 0.0914. The standard InChI is InChI=1S/C20H31N5O2/c1-15-17-7-9-25(20(26)22-16-5-3-2-4-6-16)10-8-18(17)23-19(21-15)24-11-13-27-14-12-24/h16H,2-14H2,1H3,(H,22,26). The Labute approximate surface area is 161 Å². The summed E-state index contributed by atoms with van der Waals surface area (Å²) < 4.78 is 5.44. The SMILES string of the molecule is Cc1nc(N2CCOCC2)nc2c1CCN(C(=O)NC1CCCCC1)CC2. The molecule has 0 spiro atoms. The molecule has 1 saturated carbocycles. The number of carbonyl (C=O) groups is 1. The van der Waals surface area contributed by atoms with Crippen LogP contribution in [0.5, 0.6) is 0 Å². The highest BCUT2D eigenvalue weighted by Gasteiger charge is 2.25. The maximum atomic E-state index is 12.7. The van der Waals surface area contributed by atoms with Gasteiger partial charge in [-0.2, -0.15) is 0 Å². The number of aromatic nitrogens is 2. The summed E-state index contributed by atoms with van der Waals surface area (Å²) in [6.45, 7) is 6.69. The van der Waals surface area contributed by atoms with E-state index in [0.29, 0.717) is 6.04 Å². The Bertz CT molecular complexity index is 669. The molecule has 7 heteroatoms. The quantitative estimate of drug-likeness (QED) is 0.859. The number of rotatable bonds is 2. The van der Waals surface area contributed by atoms with Gasteiger partial charge < -0.3 is 19.9 Å². The van der Waals surface area contributed by atoms with Gasteiger partial charge in [0.15, 0.2) is 0 Å². The molecule has 2 fully saturated rings. The van der Waals surface area contributed by atoms with E-state index in [4.69, 9.17) is 14.7 Å². The van der Waals surface area contributed by atoms with Crippen LogP contribution in [0.2, 0.25) is 0 Å². The van der Waals surface area contributed by atoms with E-state index in [2.05, 4.69) is 17.1 Å². The minimum atomic E-state index is 0.0914. The van der Waals surface area contributed by atoms with Crippen LogP contribution in [0.25, 0.3) is 0 Å². The number of anilines is 1. The van der Waals surface area contributed by atoms with Gasteiger partial charge in [-0.15, -0.1) is 0 Å². The molecule has 0 atom stereocenters. The van der Waals surface area contributed by atoms with Crippen LogP contribution in [0.15, 0.2) is 0 Å². The van der Waals surface area contributed by atoms with Gasteiger partial charge in [0.2, 0.25) is 5.95 Å². The van der Waals surface area contributed by atoms with Crippen molar-refractivity contribution < 1.29 is 9.53 Å². The molecule has 2 amide bonds. The van der Waals surface area contributed by atoms with Crippen molar-refractivity contribution >= 4 is 12.0 Å². The molecule has 0 unspecified atom stereocenters. The summed E-state index contributed by atoms with van der Waals surface area (Å²) in [5.41, 5.74) is 3.38. The van der Waals surface area contributed by atoms with Gasteiger partial charge in [0.05, 0.1) is 18.9 Å². The molecule has 0 aromatic carbocycles. The van der Waals surface area contributed by atoms with E-state index < -0.39 is 0 Å². The molecule has 1 aromatic heterocycles. The van der Waals surface area contributed by atoms with Crippen molar-refractivity contribution in [3.05, 3.63) is 17.0 Å². The number of nitrogens with zero attached hydrogens (tertiary/aromatic N) is 4. The predicted molar refractivity (Wildman–Crippen MR) is 104 cm³/mol. The van der Waals surface area contributed by atoms with Crippen molar-refractivity contribution in [3.63, 3.8) is 0 Å². The van der Waals surface area contributed by atoms with E-state index in [0.717, 1.165) is 82.4 Å². The lowest BCUT2D eigenvalue weighted by atomic mass is 9.96. The fraction of sp³-hybridized carbons (Fsp3) is 0.750. The van der Waals surface area contributed by atoms with Crippen molar-refractivity contribution in [2.45, 2.75) is 57.9 Å². The van der Waals surface area contributed by atoms with E-state index in [1.165, 1.54) is 24.8 Å². The Morgan fingerprint density at radius 2 is 1.78 bits per heavy atom. The molecule has 0 radical (unpaired) electrons. The number of fused-ring (bicyclic) bond motifs is 1. The van der Waals surface area contributed by atoms with Gasteiger partial charge in [0.25, 0.3) is 0 Å². The molecule has 3 heterocycles. The van der Waals surface area contributed by atoms with Crippen molar-refractivity contribution in [2.75, 3.05) is 44.3 Å². The number of carbonyl (C=O) groups excluding carboxylic acids is 1. The zero-order chi connectivity index (χ0) is 18.6. The Morgan fingerprint density at radius 1 is 1.04 bits per heavy atom. The zero-order valence-corrected chi connectivity index (χ0v) is 16.4. The number of nitrogens with one attached hydrogen (secondary N) is 1. The van der Waals surface area contributed by atoms with Gasteiger partial charge in [-0.05, 0) is 31.7 Å². The van der Waals surface area contributed by atoms with E-state index in [1.54, 1.807) is 0 Å². The smallest absolute Gasteiger partial charge is 0.317 e. The van der Waals surface area contributed by atoms with Crippen molar-refractivity contribution in [2.24, 2.45) is 0 Å². The Morgan fingerprint density at radius 3 is 2.56 bits per heavy atom. The van der Waals surface area contributed by atoms with Crippen LogP contribution in [0.4, 0.5) is 10.7 Å². The highest BCUT2D eigenvalue weighted by atomic mass is 16.5. The van der Waals surface area contributed by atoms with Crippen LogP contribution in [-0.2, 0) is 17.6 Å². The van der Waals surface area contributed by atoms with Gasteiger partial charge in [-0.25, -0.2) is 14.8 Å². The third kappa shape index (κ3) is 4.34. The molecule has 1 aliphatic carbocycles. The summed E-state index contributed by atoms with van der Waals surface area (Å²) in [5.74, 6) is 0.814. The number of hydrogen-bond donors (Lipinski definition) is 1. The maximum absolute atomic E-state index is 12.7. The summed E-state index contributed by atoms with van der Waals surface area (Å²) in [4.78, 5) is 26.5. The number of morpholine rings is 1. The van der Waals surface area contributed by atoms with Crippen LogP contribution < -0.4 is 10.2 Å². The Balaban J connectivity index is 1.42. The Kier molecular flexibility index (Phi) is 5.76. The van der Waals surface area contributed by atoms with Gasteiger partial charge in [-0.3, -0.25) is 0 Å². The normalized spacial score (nSPS) is 21.5. The number of hydrogen-bond acceptors (Lipinski definition) is 5. The zero-order valence-electron chi connectivity index (χ0n) is 16.4. The molecule has 4 rings (SSSR count). The van der Waals surface area contributed by atoms with Gasteiger partial charge in [0, 0.05) is 44.3 Å². The fourth-order valence-corrected chi connectivity index (χ4v) is 4.39. The van der Waals surface area contributed by atoms with Crippen LogP contribution in [-0.4, -0.2) is 66.3 Å². The molecule has 148 valence electrons. The highest BCUT2D eigenvalue weighted by Crippen LogP contribution is 2.22. The average Bonchev–Trinajstić information content (AvgIpc) is 2.92. The minimum Gasteiger partial charge on any atom is -0.378 e. The molecule has 1 aromatic rings. The third-order valence-corrected chi connectivity index (χ3v) is 6.05. The molecule has 27 heavy (non-hydrogen) atoms. The molecular weight excluding hydrogens is 342 g/mol. The molecule has 2 aliphatic heterocycles. The lowest BCUT2D eigenvalue weighted by Gasteiger charge is -2.27. The predicted octanol–water partition coefficient (Wildman–Crippen LogP) is 2.06. The number of ether oxygens (including phenoxy) is 1. The highest BCUT2D eigenvalue weighted by molar-refractivity contribution is 5.74. The van der Waals surface area contributed by atoms with E-state index in [9.17, 15) is 4.79 Å². The number of aryl methyl sites for hydroxylation is 1. The van der Waals surface area contributed by atoms with Gasteiger partial charge >= 0.3 is 6.03 Å². The van der Waals surface area contributed by atoms with Crippen LogP contribution in [0, 0.1) is 6.92 Å². The third-order valence-electron chi connectivity index (χ3n) is 6.05. The van der Waals surface area contributed by atoms with Gasteiger partial charge in [-0.1, -0.05) is 19.3 Å². The lowest BCUT2D eigenvalue weighted by Crippen LogP contribution is -2.46. The topological polar surface area (TPSA) is 70.6 Å². The number of amides is 2. The molecule has 1 saturated heterocycles. The summed E-state index contributed by atoms with van der Waals surface area (Å²) in [5, 5.41) is 3.25. The van der Waals surface area contributed by atoms with Crippen LogP contribution in [0.1, 0.15) is 49.1 Å². The second kappa shape index (κ2) is 8.42. The molecule has 3 aliphatic rings. The van der Waals surface area contributed by atoms with E-state index >= 15 is 0 Å². The second-order valence-corrected chi connectivity index (χ2v) is 7.91. The summed E-state index contributed by atoms with van der Waals surface area (Å²) in [6, 6.07) is 0.444. The number of urea groups is 1. The Hall–Kier alpha value is -1.89. The van der Waals surface area contributed by atoms with Crippen molar-refractivity contribution in [1.29, 1.82) is 0 Å². The lowest BCUT2D eigenvalue weighted by molar-refractivity contribution is 0.122. The van der Waals surface area contributed by atoms with Crippen LogP contribution in [0.3, 0.4) is 0 Å². The average molecular weight is 374 g/mol. The second-order valence-electron chi connectivity index (χ2n) is 7.91. The summed E-state index contributed by atoms with van der Waals surface area (Å²) in [7, 11) is 0. The fourth-order valence-electron chi connectivity index (χ4n) is 4.39. The first kappa shape index (κ1) is 18.5. The summed E-state index contributed by atoms with van der Waals surface area (Å²) >= 11 is 0. The monoisotopic (exact) mass is 373 g/mol. The van der Waals surface area contributed by atoms with Crippen LogP contribution >= 0.6 is 0 Å². The molecule has 0 bridgehead atoms. The summed E-state index contributed by atoms with van der Waals surface area (Å²) in [6.07, 6.45) is 7.64. The van der Waals surface area contributed by atoms with Crippen molar-refractivity contribution in [3.8, 4) is 0 Å². The molecule has 1 N–H and O–H groups in total. The first-order chi connectivity index (χ1) is 13.2. The van der Waals surface area contributed by atoms with Gasteiger partial charge in [0.1, 0.15) is 0 Å². The first-order valence-electron chi connectivity index (χ1n) is 10.5. The molecule has 7 nitrogen and oxygen atoms in total. The van der Waals surface area contributed by atoms with Crippen molar-refractivity contribution in [1.82, 2.24) is 20.2 Å². The van der Waals surface area contributed by atoms with E-state index in [-0.39, 0.29) is 6.03 Å².